The van der Waals surface area contributed by atoms with Gasteiger partial charge in [-0.2, -0.15) is 0 Å². The molecule has 94 valence electrons. The molecule has 0 bridgehead atoms. The lowest BCUT2D eigenvalue weighted by molar-refractivity contribution is 0.0400. The highest BCUT2D eigenvalue weighted by Crippen LogP contribution is 2.38. The fourth-order valence-corrected chi connectivity index (χ4v) is 2.29. The van der Waals surface area contributed by atoms with Crippen LogP contribution in [0.15, 0.2) is 18.2 Å². The third-order valence-corrected chi connectivity index (χ3v) is 3.13. The molecule has 3 nitrogen and oxygen atoms in total. The largest absolute Gasteiger partial charge is 0.496 e. The second-order valence-electron chi connectivity index (χ2n) is 4.29. The van der Waals surface area contributed by atoms with E-state index in [1.807, 2.05) is 0 Å². The van der Waals surface area contributed by atoms with Gasteiger partial charge in [0.2, 0.25) is 0 Å². The van der Waals surface area contributed by atoms with Crippen molar-refractivity contribution in [2.45, 2.75) is 31.5 Å². The number of hydrogen-bond acceptors (Lipinski definition) is 3. The molecule has 1 saturated heterocycles. The molecule has 4 heteroatoms. The highest BCUT2D eigenvalue weighted by atomic mass is 19.1. The normalized spacial score (nSPS) is 23.9. The van der Waals surface area contributed by atoms with Gasteiger partial charge in [-0.1, -0.05) is 0 Å². The van der Waals surface area contributed by atoms with Gasteiger partial charge in [0.25, 0.3) is 0 Å². The van der Waals surface area contributed by atoms with Gasteiger partial charge in [0.15, 0.2) is 0 Å². The zero-order chi connectivity index (χ0) is 12.3. The molecule has 1 aliphatic rings. The molecule has 0 amide bonds. The quantitative estimate of drug-likeness (QED) is 0.877. The Labute approximate surface area is 101 Å². The molecule has 0 radical (unpaired) electrons. The summed E-state index contributed by atoms with van der Waals surface area (Å²) in [5.74, 6) is 0.427. The predicted octanol–water partition coefficient (Wildman–Crippen LogP) is 2.40. The van der Waals surface area contributed by atoms with Gasteiger partial charge >= 0.3 is 0 Å². The van der Waals surface area contributed by atoms with E-state index < -0.39 is 0 Å². The van der Waals surface area contributed by atoms with Crippen LogP contribution in [0.25, 0.3) is 0 Å². The summed E-state index contributed by atoms with van der Waals surface area (Å²) in [5, 5.41) is 0. The van der Waals surface area contributed by atoms with Gasteiger partial charge < -0.3 is 15.2 Å². The van der Waals surface area contributed by atoms with Crippen molar-refractivity contribution in [2.75, 3.05) is 13.7 Å². The average molecular weight is 239 g/mol. The van der Waals surface area contributed by atoms with Crippen molar-refractivity contribution in [3.63, 3.8) is 0 Å². The first-order chi connectivity index (χ1) is 8.24. The van der Waals surface area contributed by atoms with Gasteiger partial charge in [-0.3, -0.25) is 0 Å². The van der Waals surface area contributed by atoms with E-state index in [2.05, 4.69) is 0 Å². The molecule has 0 saturated carbocycles. The van der Waals surface area contributed by atoms with E-state index in [9.17, 15) is 4.39 Å². The van der Waals surface area contributed by atoms with Crippen molar-refractivity contribution in [1.29, 1.82) is 0 Å². The Bertz CT molecular complexity index is 384. The van der Waals surface area contributed by atoms with E-state index in [1.165, 1.54) is 12.1 Å². The first-order valence-electron chi connectivity index (χ1n) is 5.93. The highest BCUT2D eigenvalue weighted by Gasteiger charge is 2.28. The maximum Gasteiger partial charge on any atom is 0.124 e. The van der Waals surface area contributed by atoms with Crippen molar-refractivity contribution >= 4 is 0 Å². The third kappa shape index (κ3) is 2.76. The molecule has 2 atom stereocenters. The molecule has 1 unspecified atom stereocenters. The molecule has 0 aromatic heterocycles. The van der Waals surface area contributed by atoms with E-state index in [0.717, 1.165) is 24.8 Å². The first kappa shape index (κ1) is 12.3. The molecule has 1 fully saturated rings. The van der Waals surface area contributed by atoms with Gasteiger partial charge in [0.1, 0.15) is 11.6 Å². The Hall–Kier alpha value is -1.13. The molecule has 1 aromatic rings. The molecular weight excluding hydrogens is 221 g/mol. The Morgan fingerprint density at radius 2 is 2.29 bits per heavy atom. The number of hydrogen-bond donors (Lipinski definition) is 1. The van der Waals surface area contributed by atoms with E-state index in [0.29, 0.717) is 12.3 Å². The maximum absolute atomic E-state index is 13.3. The van der Waals surface area contributed by atoms with Gasteiger partial charge in [-0.05, 0) is 44.0 Å². The zero-order valence-electron chi connectivity index (χ0n) is 9.99. The van der Waals surface area contributed by atoms with Crippen molar-refractivity contribution in [3.8, 4) is 5.75 Å². The second-order valence-corrected chi connectivity index (χ2v) is 4.29. The smallest absolute Gasteiger partial charge is 0.124 e. The summed E-state index contributed by atoms with van der Waals surface area (Å²) in [4.78, 5) is 0. The molecule has 2 rings (SSSR count). The van der Waals surface area contributed by atoms with Crippen LogP contribution in [0.5, 0.6) is 5.75 Å². The topological polar surface area (TPSA) is 44.5 Å². The maximum atomic E-state index is 13.3. The molecule has 0 spiro atoms. The lowest BCUT2D eigenvalue weighted by atomic mass is 10.0. The van der Waals surface area contributed by atoms with Crippen molar-refractivity contribution in [3.05, 3.63) is 29.6 Å². The standard InChI is InChI=1S/C13H18FNO2/c1-16-12-4-2-9(14)8-11(12)13-5-3-10(17-13)6-7-15/h2,4,8,10,13H,3,5-7,15H2,1H3/t10-,13?/m1/s1. The molecule has 1 aromatic carbocycles. The average Bonchev–Trinajstić information content (AvgIpc) is 2.78. The van der Waals surface area contributed by atoms with Gasteiger partial charge in [0, 0.05) is 5.56 Å². The monoisotopic (exact) mass is 239 g/mol. The van der Waals surface area contributed by atoms with Gasteiger partial charge in [0.05, 0.1) is 19.3 Å². The Morgan fingerprint density at radius 1 is 1.47 bits per heavy atom. The lowest BCUT2D eigenvalue weighted by Crippen LogP contribution is -2.13. The highest BCUT2D eigenvalue weighted by molar-refractivity contribution is 5.36. The fraction of sp³-hybridized carbons (Fsp3) is 0.538. The number of methoxy groups -OCH3 is 1. The Kier molecular flexibility index (Phi) is 3.97. The number of benzene rings is 1. The van der Waals surface area contributed by atoms with Crippen LogP contribution in [0, 0.1) is 5.82 Å². The SMILES string of the molecule is COc1ccc(F)cc1C1CC[C@H](CCN)O1. The summed E-state index contributed by atoms with van der Waals surface area (Å²) in [6, 6.07) is 4.53. The summed E-state index contributed by atoms with van der Waals surface area (Å²) < 4.78 is 24.3. The van der Waals surface area contributed by atoms with Crippen LogP contribution < -0.4 is 10.5 Å². The molecule has 0 aliphatic carbocycles. The van der Waals surface area contributed by atoms with Crippen LogP contribution in [-0.2, 0) is 4.74 Å². The number of ether oxygens (including phenoxy) is 2. The van der Waals surface area contributed by atoms with Gasteiger partial charge in [-0.25, -0.2) is 4.39 Å². The first-order valence-corrected chi connectivity index (χ1v) is 5.93. The summed E-state index contributed by atoms with van der Waals surface area (Å²) >= 11 is 0. The van der Waals surface area contributed by atoms with Crippen LogP contribution in [0.2, 0.25) is 0 Å². The minimum atomic E-state index is -0.258. The molecular formula is C13H18FNO2. The Morgan fingerprint density at radius 3 is 3.00 bits per heavy atom. The molecule has 1 aliphatic heterocycles. The Balaban J connectivity index is 2.14. The number of halogens is 1. The van der Waals surface area contributed by atoms with E-state index >= 15 is 0 Å². The molecule has 1 heterocycles. The minimum Gasteiger partial charge on any atom is -0.496 e. The van der Waals surface area contributed by atoms with Crippen LogP contribution in [0.1, 0.15) is 30.9 Å². The summed E-state index contributed by atoms with van der Waals surface area (Å²) in [6.07, 6.45) is 2.84. The number of rotatable bonds is 4. The molecule has 2 N–H and O–H groups in total. The fourth-order valence-electron chi connectivity index (χ4n) is 2.29. The van der Waals surface area contributed by atoms with Crippen LogP contribution >= 0.6 is 0 Å². The third-order valence-electron chi connectivity index (χ3n) is 3.13. The van der Waals surface area contributed by atoms with Crippen LogP contribution in [-0.4, -0.2) is 19.8 Å². The van der Waals surface area contributed by atoms with Crippen molar-refractivity contribution < 1.29 is 13.9 Å². The summed E-state index contributed by atoms with van der Waals surface area (Å²) in [5.41, 5.74) is 6.31. The molecule has 17 heavy (non-hydrogen) atoms. The summed E-state index contributed by atoms with van der Waals surface area (Å²) in [6.45, 7) is 0.623. The van der Waals surface area contributed by atoms with E-state index in [1.54, 1.807) is 13.2 Å². The van der Waals surface area contributed by atoms with Gasteiger partial charge in [-0.15, -0.1) is 0 Å². The van der Waals surface area contributed by atoms with E-state index in [4.69, 9.17) is 15.2 Å². The van der Waals surface area contributed by atoms with Crippen molar-refractivity contribution in [2.24, 2.45) is 5.73 Å². The zero-order valence-corrected chi connectivity index (χ0v) is 9.99. The van der Waals surface area contributed by atoms with Crippen LogP contribution in [0.3, 0.4) is 0 Å². The second kappa shape index (κ2) is 5.47. The van der Waals surface area contributed by atoms with Crippen molar-refractivity contribution in [1.82, 2.24) is 0 Å². The number of nitrogens with two attached hydrogens (primary N) is 1. The predicted molar refractivity (Wildman–Crippen MR) is 63.5 cm³/mol. The lowest BCUT2D eigenvalue weighted by Gasteiger charge is -2.16. The minimum absolute atomic E-state index is 0.0720. The van der Waals surface area contributed by atoms with Crippen LogP contribution in [0.4, 0.5) is 4.39 Å². The van der Waals surface area contributed by atoms with E-state index in [-0.39, 0.29) is 18.0 Å². The summed E-state index contributed by atoms with van der Waals surface area (Å²) in [7, 11) is 1.59.